The Morgan fingerprint density at radius 1 is 0.861 bits per heavy atom. The lowest BCUT2D eigenvalue weighted by atomic mass is 9.99. The van der Waals surface area contributed by atoms with Gasteiger partial charge < -0.3 is 39.7 Å². The van der Waals surface area contributed by atoms with Crippen molar-refractivity contribution in [2.45, 2.75) is 121 Å². The third-order valence-corrected chi connectivity index (χ3v) is 6.07. The summed E-state index contributed by atoms with van der Waals surface area (Å²) in [5.74, 6) is -0.396. The third kappa shape index (κ3) is 14.4. The van der Waals surface area contributed by atoms with Crippen LogP contribution in [0.4, 0.5) is 0 Å². The molecule has 6 atom stereocenters. The average Bonchev–Trinajstić information content (AvgIpc) is 2.88. The molecule has 9 nitrogen and oxygen atoms in total. The lowest BCUT2D eigenvalue weighted by molar-refractivity contribution is -0.305. The lowest BCUT2D eigenvalue weighted by Crippen LogP contribution is -2.59. The maximum absolute atomic E-state index is 11.9. The van der Waals surface area contributed by atoms with Crippen LogP contribution in [-0.4, -0.2) is 88.1 Å². The molecule has 0 radical (unpaired) electrons. The van der Waals surface area contributed by atoms with Gasteiger partial charge in [-0.15, -0.1) is 0 Å². The Morgan fingerprint density at radius 3 is 2.17 bits per heavy atom. The highest BCUT2D eigenvalue weighted by Crippen LogP contribution is 2.22. The quantitative estimate of drug-likeness (QED) is 0.0936. The first-order valence-corrected chi connectivity index (χ1v) is 13.5. The molecular formula is C27H48O9. The Kier molecular flexibility index (Phi) is 18.8. The number of ether oxygens (including phenoxy) is 3. The Balaban J connectivity index is 2.00. The van der Waals surface area contributed by atoms with Crippen LogP contribution in [0.3, 0.4) is 0 Å². The van der Waals surface area contributed by atoms with Gasteiger partial charge in [0.1, 0.15) is 37.1 Å². The van der Waals surface area contributed by atoms with Gasteiger partial charge in [0.05, 0.1) is 13.2 Å². The fourth-order valence-electron chi connectivity index (χ4n) is 3.80. The third-order valence-electron chi connectivity index (χ3n) is 6.07. The molecule has 0 spiro atoms. The molecule has 1 heterocycles. The summed E-state index contributed by atoms with van der Waals surface area (Å²) in [6.07, 6.45) is 13.2. The predicted octanol–water partition coefficient (Wildman–Crippen LogP) is 2.52. The second-order valence-electron chi connectivity index (χ2n) is 9.35. The van der Waals surface area contributed by atoms with E-state index in [0.717, 1.165) is 44.9 Å². The van der Waals surface area contributed by atoms with Gasteiger partial charge in [-0.2, -0.15) is 0 Å². The van der Waals surface area contributed by atoms with Gasteiger partial charge in [-0.25, -0.2) is 0 Å². The van der Waals surface area contributed by atoms with Gasteiger partial charge in [0.15, 0.2) is 6.29 Å². The second kappa shape index (κ2) is 20.7. The second-order valence-corrected chi connectivity index (χ2v) is 9.35. The van der Waals surface area contributed by atoms with E-state index in [4.69, 9.17) is 19.3 Å². The van der Waals surface area contributed by atoms with Gasteiger partial charge in [0.2, 0.25) is 0 Å². The van der Waals surface area contributed by atoms with E-state index in [2.05, 4.69) is 31.2 Å². The number of allylic oxidation sites excluding steroid dienone is 4. The summed E-state index contributed by atoms with van der Waals surface area (Å²) in [5.41, 5.74) is 0. The van der Waals surface area contributed by atoms with Crippen molar-refractivity contribution >= 4 is 5.97 Å². The summed E-state index contributed by atoms with van der Waals surface area (Å²) in [5, 5.41) is 48.5. The van der Waals surface area contributed by atoms with E-state index in [1.54, 1.807) is 0 Å². The van der Waals surface area contributed by atoms with Crippen LogP contribution in [0.1, 0.15) is 84.0 Å². The van der Waals surface area contributed by atoms with Gasteiger partial charge in [0, 0.05) is 6.42 Å². The molecular weight excluding hydrogens is 468 g/mol. The molecule has 0 aromatic carbocycles. The maximum Gasteiger partial charge on any atom is 0.305 e. The van der Waals surface area contributed by atoms with Crippen LogP contribution in [0, 0.1) is 0 Å². The minimum absolute atomic E-state index is 0.267. The van der Waals surface area contributed by atoms with Crippen molar-refractivity contribution in [3.05, 3.63) is 24.3 Å². The van der Waals surface area contributed by atoms with Gasteiger partial charge in [-0.1, -0.05) is 63.3 Å². The number of rotatable bonds is 20. The summed E-state index contributed by atoms with van der Waals surface area (Å²) in [4.78, 5) is 11.9. The molecule has 1 rings (SSSR count). The molecule has 1 saturated heterocycles. The summed E-state index contributed by atoms with van der Waals surface area (Å²) in [7, 11) is 0. The molecule has 0 saturated carbocycles. The topological polar surface area (TPSA) is 146 Å². The van der Waals surface area contributed by atoms with Crippen molar-refractivity contribution in [1.82, 2.24) is 0 Å². The number of aliphatic hydroxyl groups is 5. The highest BCUT2D eigenvalue weighted by Gasteiger charge is 2.44. The molecule has 210 valence electrons. The van der Waals surface area contributed by atoms with Crippen LogP contribution >= 0.6 is 0 Å². The monoisotopic (exact) mass is 516 g/mol. The van der Waals surface area contributed by atoms with E-state index in [-0.39, 0.29) is 19.6 Å². The molecule has 9 heteroatoms. The molecule has 1 fully saturated rings. The molecule has 5 N–H and O–H groups in total. The number of carbonyl (C=O) groups is 1. The lowest BCUT2D eigenvalue weighted by Gasteiger charge is -2.39. The van der Waals surface area contributed by atoms with Gasteiger partial charge >= 0.3 is 5.97 Å². The molecule has 0 aromatic heterocycles. The van der Waals surface area contributed by atoms with Crippen molar-refractivity contribution in [2.75, 3.05) is 19.8 Å². The Hall–Kier alpha value is -1.33. The number of hydrogen-bond acceptors (Lipinski definition) is 9. The predicted molar refractivity (Wildman–Crippen MR) is 136 cm³/mol. The largest absolute Gasteiger partial charge is 0.463 e. The first kappa shape index (κ1) is 32.7. The van der Waals surface area contributed by atoms with Gasteiger partial charge in [-0.05, 0) is 38.5 Å². The van der Waals surface area contributed by atoms with Crippen molar-refractivity contribution in [3.8, 4) is 0 Å². The minimum atomic E-state index is -1.56. The fourth-order valence-corrected chi connectivity index (χ4v) is 3.80. The SMILES string of the molecule is CCCCC/C=C\C/C=C\CCCCCCCC(=O)OC[C@@H](O)CO[C@@H]1O[C@H](CO)[C@H](O)[C@H](O)[C@H]1O. The Bertz CT molecular complexity index is 608. The first-order valence-electron chi connectivity index (χ1n) is 13.5. The number of aliphatic hydroxyl groups excluding tert-OH is 5. The standard InChI is InChI=1S/C27H48O9/c1-2-3-4-5-6-7-8-9-10-11-12-13-14-15-16-17-23(30)34-19-21(29)20-35-27-26(33)25(32)24(31)22(18-28)36-27/h6-7,9-10,21-22,24-29,31-33H,2-5,8,11-20H2,1H3/b7-6-,10-9-/t21-,22-,24+,25+,26-,27-/m1/s1. The van der Waals surface area contributed by atoms with E-state index in [1.165, 1.54) is 25.7 Å². The minimum Gasteiger partial charge on any atom is -0.463 e. The number of esters is 1. The molecule has 1 aliphatic heterocycles. The Morgan fingerprint density at radius 2 is 1.50 bits per heavy atom. The molecule has 1 aliphatic rings. The highest BCUT2D eigenvalue weighted by molar-refractivity contribution is 5.69. The highest BCUT2D eigenvalue weighted by atomic mass is 16.7. The number of carbonyl (C=O) groups excluding carboxylic acids is 1. The molecule has 0 bridgehead atoms. The van der Waals surface area contributed by atoms with Crippen molar-refractivity contribution in [1.29, 1.82) is 0 Å². The van der Waals surface area contributed by atoms with E-state index in [1.807, 2.05) is 0 Å². The Labute approximate surface area is 215 Å². The average molecular weight is 517 g/mol. The molecule has 0 unspecified atom stereocenters. The summed E-state index contributed by atoms with van der Waals surface area (Å²) < 4.78 is 15.5. The van der Waals surface area contributed by atoms with Crippen LogP contribution < -0.4 is 0 Å². The van der Waals surface area contributed by atoms with E-state index < -0.39 is 49.4 Å². The molecule has 0 aliphatic carbocycles. The van der Waals surface area contributed by atoms with Gasteiger partial charge in [-0.3, -0.25) is 4.79 Å². The summed E-state index contributed by atoms with van der Waals surface area (Å²) in [6, 6.07) is 0. The molecule has 36 heavy (non-hydrogen) atoms. The van der Waals surface area contributed by atoms with E-state index in [9.17, 15) is 25.2 Å². The van der Waals surface area contributed by atoms with Gasteiger partial charge in [0.25, 0.3) is 0 Å². The van der Waals surface area contributed by atoms with Crippen LogP contribution in [0.2, 0.25) is 0 Å². The van der Waals surface area contributed by atoms with Crippen molar-refractivity contribution in [2.24, 2.45) is 0 Å². The summed E-state index contributed by atoms with van der Waals surface area (Å²) in [6.45, 7) is 1.06. The van der Waals surface area contributed by atoms with Crippen molar-refractivity contribution < 1.29 is 44.5 Å². The zero-order chi connectivity index (χ0) is 26.6. The smallest absolute Gasteiger partial charge is 0.305 e. The number of hydrogen-bond donors (Lipinski definition) is 5. The first-order chi connectivity index (χ1) is 17.4. The number of unbranched alkanes of at least 4 members (excludes halogenated alkanes) is 8. The van der Waals surface area contributed by atoms with Crippen molar-refractivity contribution in [3.63, 3.8) is 0 Å². The molecule has 0 aromatic rings. The van der Waals surface area contributed by atoms with Crippen LogP contribution in [0.5, 0.6) is 0 Å². The fraction of sp³-hybridized carbons (Fsp3) is 0.815. The summed E-state index contributed by atoms with van der Waals surface area (Å²) >= 11 is 0. The zero-order valence-electron chi connectivity index (χ0n) is 21.7. The van der Waals surface area contributed by atoms with E-state index >= 15 is 0 Å². The van der Waals surface area contributed by atoms with Crippen LogP contribution in [-0.2, 0) is 19.0 Å². The molecule has 0 amide bonds. The maximum atomic E-state index is 11.9. The normalized spacial score (nSPS) is 25.6. The van der Waals surface area contributed by atoms with Crippen LogP contribution in [0.25, 0.3) is 0 Å². The van der Waals surface area contributed by atoms with Crippen LogP contribution in [0.15, 0.2) is 24.3 Å². The zero-order valence-corrected chi connectivity index (χ0v) is 21.7. The van der Waals surface area contributed by atoms with E-state index in [0.29, 0.717) is 0 Å².